The molecule has 0 bridgehead atoms. The van der Waals surface area contributed by atoms with E-state index in [4.69, 9.17) is 0 Å². The van der Waals surface area contributed by atoms with E-state index in [0.29, 0.717) is 4.47 Å². The van der Waals surface area contributed by atoms with Crippen LogP contribution >= 0.6 is 15.9 Å². The fourth-order valence-corrected chi connectivity index (χ4v) is 2.38. The maximum absolute atomic E-state index is 13.3. The second-order valence-corrected chi connectivity index (χ2v) is 5.23. The lowest BCUT2D eigenvalue weighted by Crippen LogP contribution is -2.23. The number of rotatable bonds is 5. The molecule has 0 fully saturated rings. The molecule has 0 amide bonds. The van der Waals surface area contributed by atoms with Crippen molar-refractivity contribution in [1.82, 2.24) is 20.3 Å². The normalized spacial score (nSPS) is 12.6. The molecule has 0 spiro atoms. The highest BCUT2D eigenvalue weighted by Gasteiger charge is 2.14. The van der Waals surface area contributed by atoms with Crippen LogP contribution in [0, 0.1) is 5.82 Å². The van der Waals surface area contributed by atoms with E-state index in [9.17, 15) is 4.39 Å². The first-order valence-electron chi connectivity index (χ1n) is 6.13. The monoisotopic (exact) mass is 326 g/mol. The van der Waals surface area contributed by atoms with E-state index in [1.165, 1.54) is 6.07 Å². The largest absolute Gasteiger partial charge is 0.310 e. The summed E-state index contributed by atoms with van der Waals surface area (Å²) >= 11 is 3.22. The van der Waals surface area contributed by atoms with Gasteiger partial charge in [-0.2, -0.15) is 0 Å². The summed E-state index contributed by atoms with van der Waals surface area (Å²) in [5, 5.41) is 11.4. The minimum atomic E-state index is -0.251. The van der Waals surface area contributed by atoms with Crippen molar-refractivity contribution in [2.75, 3.05) is 6.54 Å². The molecule has 6 heteroatoms. The SMILES string of the molecule is CCNC(Cc1cn(C)nn1)c1ccc(F)c(Br)c1. The van der Waals surface area contributed by atoms with Crippen LogP contribution in [-0.2, 0) is 13.5 Å². The van der Waals surface area contributed by atoms with Crippen LogP contribution in [0.25, 0.3) is 0 Å². The number of benzene rings is 1. The van der Waals surface area contributed by atoms with Crippen LogP contribution in [0.2, 0.25) is 0 Å². The predicted molar refractivity (Wildman–Crippen MR) is 75.2 cm³/mol. The number of aromatic nitrogens is 3. The molecule has 102 valence electrons. The minimum absolute atomic E-state index is 0.0959. The summed E-state index contributed by atoms with van der Waals surface area (Å²) < 4.78 is 15.4. The Morgan fingerprint density at radius 2 is 2.26 bits per heavy atom. The van der Waals surface area contributed by atoms with Gasteiger partial charge in [0.05, 0.1) is 10.2 Å². The average Bonchev–Trinajstić information content (AvgIpc) is 2.78. The van der Waals surface area contributed by atoms with Crippen LogP contribution in [0.15, 0.2) is 28.9 Å². The standard InChI is InChI=1S/C13H16BrFN4/c1-3-16-13(7-10-8-19(2)18-17-10)9-4-5-12(15)11(14)6-9/h4-6,8,13,16H,3,7H2,1-2H3. The highest BCUT2D eigenvalue weighted by atomic mass is 79.9. The molecule has 1 aromatic carbocycles. The predicted octanol–water partition coefficient (Wildman–Crippen LogP) is 2.61. The molecule has 19 heavy (non-hydrogen) atoms. The number of hydrogen-bond donors (Lipinski definition) is 1. The zero-order valence-corrected chi connectivity index (χ0v) is 12.5. The van der Waals surface area contributed by atoms with Gasteiger partial charge in [0.2, 0.25) is 0 Å². The van der Waals surface area contributed by atoms with Crippen LogP contribution in [0.1, 0.15) is 24.2 Å². The number of nitrogens with zero attached hydrogens (tertiary/aromatic N) is 3. The van der Waals surface area contributed by atoms with E-state index >= 15 is 0 Å². The molecule has 0 aliphatic heterocycles. The van der Waals surface area contributed by atoms with Gasteiger partial charge in [0.15, 0.2) is 0 Å². The van der Waals surface area contributed by atoms with E-state index in [1.807, 2.05) is 20.2 Å². The van der Waals surface area contributed by atoms with Crippen molar-refractivity contribution in [2.45, 2.75) is 19.4 Å². The Kier molecular flexibility index (Phi) is 4.66. The smallest absolute Gasteiger partial charge is 0.137 e. The van der Waals surface area contributed by atoms with Crippen molar-refractivity contribution < 1.29 is 4.39 Å². The molecule has 1 aromatic heterocycles. The average molecular weight is 327 g/mol. The molecule has 4 nitrogen and oxygen atoms in total. The third-order valence-corrected chi connectivity index (χ3v) is 3.47. The fourth-order valence-electron chi connectivity index (χ4n) is 1.98. The number of hydrogen-bond acceptors (Lipinski definition) is 3. The molecule has 1 N–H and O–H groups in total. The maximum atomic E-state index is 13.3. The molecule has 0 radical (unpaired) electrons. The Balaban J connectivity index is 2.21. The van der Waals surface area contributed by atoms with Gasteiger partial charge in [0, 0.05) is 25.7 Å². The van der Waals surface area contributed by atoms with Gasteiger partial charge in [-0.3, -0.25) is 4.68 Å². The van der Waals surface area contributed by atoms with Gasteiger partial charge < -0.3 is 5.32 Å². The van der Waals surface area contributed by atoms with Gasteiger partial charge in [-0.1, -0.05) is 18.2 Å². The van der Waals surface area contributed by atoms with Crippen molar-refractivity contribution in [2.24, 2.45) is 7.05 Å². The molecule has 0 aliphatic rings. The zero-order chi connectivity index (χ0) is 13.8. The summed E-state index contributed by atoms with van der Waals surface area (Å²) in [7, 11) is 1.84. The summed E-state index contributed by atoms with van der Waals surface area (Å²) in [4.78, 5) is 0. The summed E-state index contributed by atoms with van der Waals surface area (Å²) in [6, 6.07) is 5.17. The van der Waals surface area contributed by atoms with Crippen LogP contribution in [0.4, 0.5) is 4.39 Å². The van der Waals surface area contributed by atoms with E-state index in [-0.39, 0.29) is 11.9 Å². The van der Waals surface area contributed by atoms with Crippen molar-refractivity contribution >= 4 is 15.9 Å². The summed E-state index contributed by atoms with van der Waals surface area (Å²) in [6.45, 7) is 2.88. The topological polar surface area (TPSA) is 42.7 Å². The van der Waals surface area contributed by atoms with Gasteiger partial charge in [-0.05, 0) is 40.2 Å². The van der Waals surface area contributed by atoms with E-state index in [0.717, 1.165) is 24.2 Å². The number of aryl methyl sites for hydroxylation is 1. The van der Waals surface area contributed by atoms with Gasteiger partial charge in [0.1, 0.15) is 5.82 Å². The van der Waals surface area contributed by atoms with Crippen LogP contribution in [0.5, 0.6) is 0 Å². The second kappa shape index (κ2) is 6.25. The zero-order valence-electron chi connectivity index (χ0n) is 10.9. The van der Waals surface area contributed by atoms with Crippen LogP contribution < -0.4 is 5.32 Å². The molecule has 1 heterocycles. The number of nitrogens with one attached hydrogen (secondary N) is 1. The molecular formula is C13H16BrFN4. The molecule has 2 aromatic rings. The van der Waals surface area contributed by atoms with Crippen LogP contribution in [-0.4, -0.2) is 21.5 Å². The Labute approximate surface area is 120 Å². The highest BCUT2D eigenvalue weighted by molar-refractivity contribution is 9.10. The Bertz CT molecular complexity index is 555. The minimum Gasteiger partial charge on any atom is -0.310 e. The molecule has 1 atom stereocenters. The summed E-state index contributed by atoms with van der Waals surface area (Å²) in [5.41, 5.74) is 1.94. The first kappa shape index (κ1) is 14.1. The van der Waals surface area contributed by atoms with Crippen molar-refractivity contribution in [3.8, 4) is 0 Å². The molecule has 1 unspecified atom stereocenters. The van der Waals surface area contributed by atoms with Gasteiger partial charge in [-0.15, -0.1) is 5.10 Å². The highest BCUT2D eigenvalue weighted by Crippen LogP contribution is 2.23. The van der Waals surface area contributed by atoms with Crippen molar-refractivity contribution in [1.29, 1.82) is 0 Å². The first-order chi connectivity index (χ1) is 9.10. The molecule has 2 rings (SSSR count). The Morgan fingerprint density at radius 3 is 2.84 bits per heavy atom. The lowest BCUT2D eigenvalue weighted by molar-refractivity contribution is 0.540. The number of likely N-dealkylation sites (N-methyl/N-ethyl adjacent to an activating group) is 1. The Hall–Kier alpha value is -1.27. The lowest BCUT2D eigenvalue weighted by atomic mass is 10.0. The van der Waals surface area contributed by atoms with Gasteiger partial charge in [0.25, 0.3) is 0 Å². The molecule has 0 aliphatic carbocycles. The summed E-state index contributed by atoms with van der Waals surface area (Å²) in [6.07, 6.45) is 2.61. The van der Waals surface area contributed by atoms with Gasteiger partial charge >= 0.3 is 0 Å². The fraction of sp³-hybridized carbons (Fsp3) is 0.385. The first-order valence-corrected chi connectivity index (χ1v) is 6.93. The van der Waals surface area contributed by atoms with Crippen molar-refractivity contribution in [3.63, 3.8) is 0 Å². The Morgan fingerprint density at radius 1 is 1.47 bits per heavy atom. The second-order valence-electron chi connectivity index (χ2n) is 4.37. The van der Waals surface area contributed by atoms with E-state index in [2.05, 4.69) is 31.6 Å². The molecule has 0 saturated heterocycles. The quantitative estimate of drug-likeness (QED) is 0.918. The summed E-state index contributed by atoms with van der Waals surface area (Å²) in [5.74, 6) is -0.251. The van der Waals surface area contributed by atoms with Gasteiger partial charge in [-0.25, -0.2) is 4.39 Å². The number of halogens is 2. The van der Waals surface area contributed by atoms with Crippen molar-refractivity contribution in [3.05, 3.63) is 45.9 Å². The maximum Gasteiger partial charge on any atom is 0.137 e. The lowest BCUT2D eigenvalue weighted by Gasteiger charge is -2.17. The third-order valence-electron chi connectivity index (χ3n) is 2.86. The third kappa shape index (κ3) is 3.61. The van der Waals surface area contributed by atoms with Crippen LogP contribution in [0.3, 0.4) is 0 Å². The molecule has 0 saturated carbocycles. The van der Waals surface area contributed by atoms with E-state index in [1.54, 1.807) is 16.8 Å². The molecular weight excluding hydrogens is 311 g/mol. The van der Waals surface area contributed by atoms with E-state index < -0.39 is 0 Å².